The molecule has 1 atom stereocenters. The molecule has 0 bridgehead atoms. The fraction of sp³-hybridized carbons (Fsp3) is 0.467. The number of anilines is 1. The molecule has 120 valence electrons. The maximum Gasteiger partial charge on any atom is 0.408 e. The summed E-state index contributed by atoms with van der Waals surface area (Å²) in [6, 6.07) is 4.00. The number of alkyl carbamates (subject to hydrolysis) is 1. The average molecular weight is 420 g/mol. The SMILES string of the molecule is CC(C)(C)OC(=O)N[C@H]1CCN(c2ccc(I)cc2F)C1=O. The Morgan fingerprint density at radius 2 is 2.14 bits per heavy atom. The van der Waals surface area contributed by atoms with Crippen LogP contribution in [-0.4, -0.2) is 30.2 Å². The number of benzene rings is 1. The van der Waals surface area contributed by atoms with Crippen LogP contribution < -0.4 is 10.2 Å². The van der Waals surface area contributed by atoms with Gasteiger partial charge in [0, 0.05) is 10.1 Å². The van der Waals surface area contributed by atoms with Crippen LogP contribution in [0.1, 0.15) is 27.2 Å². The zero-order valence-corrected chi connectivity index (χ0v) is 14.8. The molecule has 1 aliphatic rings. The standard InChI is InChI=1S/C15H18FIN2O3/c1-15(2,3)22-14(21)18-11-6-7-19(13(11)20)12-5-4-9(17)8-10(12)16/h4-5,8,11H,6-7H2,1-3H3,(H,18,21)/t11-/m0/s1. The zero-order valence-electron chi connectivity index (χ0n) is 12.7. The first-order chi connectivity index (χ1) is 10.2. The van der Waals surface area contributed by atoms with Crippen LogP contribution in [0.2, 0.25) is 0 Å². The van der Waals surface area contributed by atoms with Crippen LogP contribution in [0.4, 0.5) is 14.9 Å². The predicted octanol–water partition coefficient (Wildman–Crippen LogP) is 3.06. The molecule has 0 saturated carbocycles. The molecule has 1 N–H and O–H groups in total. The van der Waals surface area contributed by atoms with Crippen molar-refractivity contribution >= 4 is 40.3 Å². The fourth-order valence-electron chi connectivity index (χ4n) is 2.20. The first-order valence-electron chi connectivity index (χ1n) is 6.93. The molecule has 1 fully saturated rings. The second-order valence-corrected chi connectivity index (χ2v) is 7.32. The molecule has 1 heterocycles. The second kappa shape index (κ2) is 6.39. The Morgan fingerprint density at radius 3 is 2.73 bits per heavy atom. The molecule has 0 spiro atoms. The van der Waals surface area contributed by atoms with Crippen molar-refractivity contribution in [3.63, 3.8) is 0 Å². The van der Waals surface area contributed by atoms with Crippen LogP contribution in [0, 0.1) is 9.39 Å². The first kappa shape index (κ1) is 17.0. The maximum atomic E-state index is 14.0. The van der Waals surface area contributed by atoms with Crippen molar-refractivity contribution in [3.05, 3.63) is 27.6 Å². The molecule has 2 amide bonds. The summed E-state index contributed by atoms with van der Waals surface area (Å²) < 4.78 is 19.9. The van der Waals surface area contributed by atoms with Crippen molar-refractivity contribution in [2.24, 2.45) is 0 Å². The van der Waals surface area contributed by atoms with Gasteiger partial charge in [-0.05, 0) is 68.0 Å². The highest BCUT2D eigenvalue weighted by atomic mass is 127. The summed E-state index contributed by atoms with van der Waals surface area (Å²) in [6.07, 6.45) is -0.223. The smallest absolute Gasteiger partial charge is 0.408 e. The highest BCUT2D eigenvalue weighted by molar-refractivity contribution is 14.1. The van der Waals surface area contributed by atoms with E-state index in [-0.39, 0.29) is 11.6 Å². The lowest BCUT2D eigenvalue weighted by molar-refractivity contribution is -0.118. The summed E-state index contributed by atoms with van der Waals surface area (Å²) in [7, 11) is 0. The van der Waals surface area contributed by atoms with Gasteiger partial charge in [0.1, 0.15) is 17.5 Å². The molecule has 0 aliphatic carbocycles. The molecule has 1 aliphatic heterocycles. The van der Waals surface area contributed by atoms with Crippen molar-refractivity contribution in [2.45, 2.75) is 38.8 Å². The van der Waals surface area contributed by atoms with E-state index < -0.39 is 23.6 Å². The number of halogens is 2. The lowest BCUT2D eigenvalue weighted by Gasteiger charge is -2.22. The van der Waals surface area contributed by atoms with Gasteiger partial charge in [0.25, 0.3) is 0 Å². The van der Waals surface area contributed by atoms with Crippen LogP contribution in [0.5, 0.6) is 0 Å². The minimum absolute atomic E-state index is 0.235. The molecule has 0 unspecified atom stereocenters. The summed E-state index contributed by atoms with van der Waals surface area (Å²) in [5, 5.41) is 2.54. The van der Waals surface area contributed by atoms with E-state index in [2.05, 4.69) is 5.32 Å². The van der Waals surface area contributed by atoms with Crippen molar-refractivity contribution in [3.8, 4) is 0 Å². The van der Waals surface area contributed by atoms with Gasteiger partial charge in [-0.15, -0.1) is 0 Å². The van der Waals surface area contributed by atoms with Crippen molar-refractivity contribution in [2.75, 3.05) is 11.4 Å². The largest absolute Gasteiger partial charge is 0.444 e. The third kappa shape index (κ3) is 4.08. The van der Waals surface area contributed by atoms with E-state index in [4.69, 9.17) is 4.74 Å². The van der Waals surface area contributed by atoms with Crippen LogP contribution in [0.25, 0.3) is 0 Å². The molecule has 5 nitrogen and oxygen atoms in total. The van der Waals surface area contributed by atoms with Gasteiger partial charge in [0.15, 0.2) is 0 Å². The van der Waals surface area contributed by atoms with E-state index in [0.717, 1.165) is 3.57 Å². The number of amides is 2. The highest BCUT2D eigenvalue weighted by Crippen LogP contribution is 2.26. The van der Waals surface area contributed by atoms with E-state index in [1.165, 1.54) is 11.0 Å². The third-order valence-electron chi connectivity index (χ3n) is 3.10. The Morgan fingerprint density at radius 1 is 1.45 bits per heavy atom. The Bertz CT molecular complexity index is 601. The quantitative estimate of drug-likeness (QED) is 0.749. The highest BCUT2D eigenvalue weighted by Gasteiger charge is 2.35. The van der Waals surface area contributed by atoms with Gasteiger partial charge >= 0.3 is 6.09 Å². The molecular weight excluding hydrogens is 402 g/mol. The topological polar surface area (TPSA) is 58.6 Å². The lowest BCUT2D eigenvalue weighted by Crippen LogP contribution is -2.43. The molecule has 22 heavy (non-hydrogen) atoms. The molecule has 0 radical (unpaired) electrons. The fourth-order valence-corrected chi connectivity index (χ4v) is 2.66. The minimum atomic E-state index is -0.687. The first-order valence-corrected chi connectivity index (χ1v) is 8.01. The van der Waals surface area contributed by atoms with Crippen molar-refractivity contribution in [1.82, 2.24) is 5.32 Å². The summed E-state index contributed by atoms with van der Waals surface area (Å²) in [4.78, 5) is 25.4. The lowest BCUT2D eigenvalue weighted by atomic mass is 10.2. The number of nitrogens with zero attached hydrogens (tertiary/aromatic N) is 1. The summed E-state index contributed by atoms with van der Waals surface area (Å²) in [5.74, 6) is -0.774. The average Bonchev–Trinajstić information content (AvgIpc) is 2.69. The van der Waals surface area contributed by atoms with E-state index >= 15 is 0 Å². The van der Waals surface area contributed by atoms with Gasteiger partial charge in [-0.1, -0.05) is 0 Å². The molecule has 1 aromatic rings. The van der Waals surface area contributed by atoms with Crippen molar-refractivity contribution in [1.29, 1.82) is 0 Å². The van der Waals surface area contributed by atoms with Gasteiger partial charge in [0.05, 0.1) is 5.69 Å². The molecule has 1 aromatic carbocycles. The number of carbonyl (C=O) groups excluding carboxylic acids is 2. The minimum Gasteiger partial charge on any atom is -0.444 e. The summed E-state index contributed by atoms with van der Waals surface area (Å²) in [5.41, 5.74) is -0.396. The Labute approximate surface area is 142 Å². The van der Waals surface area contributed by atoms with Crippen LogP contribution in [0.3, 0.4) is 0 Å². The Balaban J connectivity index is 2.05. The molecule has 1 saturated heterocycles. The second-order valence-electron chi connectivity index (χ2n) is 6.07. The van der Waals surface area contributed by atoms with E-state index in [0.29, 0.717) is 13.0 Å². The molecule has 7 heteroatoms. The van der Waals surface area contributed by atoms with Gasteiger partial charge < -0.3 is 15.0 Å². The predicted molar refractivity (Wildman–Crippen MR) is 89.2 cm³/mol. The Kier molecular flexibility index (Phi) is 4.93. The molecule has 0 aromatic heterocycles. The zero-order chi connectivity index (χ0) is 16.5. The number of hydrogen-bond donors (Lipinski definition) is 1. The van der Waals surface area contributed by atoms with Crippen LogP contribution in [0.15, 0.2) is 18.2 Å². The van der Waals surface area contributed by atoms with Crippen LogP contribution >= 0.6 is 22.6 Å². The third-order valence-corrected chi connectivity index (χ3v) is 3.77. The Hall–Kier alpha value is -1.38. The maximum absolute atomic E-state index is 14.0. The number of rotatable bonds is 2. The number of carbonyl (C=O) groups is 2. The number of hydrogen-bond acceptors (Lipinski definition) is 3. The van der Waals surface area contributed by atoms with E-state index in [9.17, 15) is 14.0 Å². The molecular formula is C15H18FIN2O3. The van der Waals surface area contributed by atoms with Gasteiger partial charge in [0.2, 0.25) is 5.91 Å². The molecule has 2 rings (SSSR count). The van der Waals surface area contributed by atoms with Gasteiger partial charge in [-0.3, -0.25) is 4.79 Å². The van der Waals surface area contributed by atoms with Crippen molar-refractivity contribution < 1.29 is 18.7 Å². The van der Waals surface area contributed by atoms with E-state index in [1.54, 1.807) is 32.9 Å². The van der Waals surface area contributed by atoms with E-state index in [1.807, 2.05) is 22.6 Å². The van der Waals surface area contributed by atoms with Gasteiger partial charge in [-0.2, -0.15) is 0 Å². The van der Waals surface area contributed by atoms with Gasteiger partial charge in [-0.25, -0.2) is 9.18 Å². The summed E-state index contributed by atoms with van der Waals surface area (Å²) in [6.45, 7) is 5.60. The number of ether oxygens (including phenoxy) is 1. The van der Waals surface area contributed by atoms with Crippen LogP contribution in [-0.2, 0) is 9.53 Å². The number of nitrogens with one attached hydrogen (secondary N) is 1. The normalized spacial score (nSPS) is 18.5. The summed E-state index contributed by atoms with van der Waals surface area (Å²) >= 11 is 2.01. The monoisotopic (exact) mass is 420 g/mol.